The van der Waals surface area contributed by atoms with Gasteiger partial charge in [0.25, 0.3) is 0 Å². The summed E-state index contributed by atoms with van der Waals surface area (Å²) in [7, 11) is 0. The fourth-order valence-electron chi connectivity index (χ4n) is 3.25. The summed E-state index contributed by atoms with van der Waals surface area (Å²) in [6.07, 6.45) is 8.37. The SMILES string of the molecule is CC1(C)CCCC(NCC2(CC(N)=NO)CC2)C1. The fraction of sp³-hybridized carbons (Fsp3) is 0.929. The van der Waals surface area contributed by atoms with Gasteiger partial charge in [0.1, 0.15) is 5.84 Å². The Morgan fingerprint density at radius 3 is 2.67 bits per heavy atom. The first-order valence-electron chi connectivity index (χ1n) is 7.15. The smallest absolute Gasteiger partial charge is 0.139 e. The van der Waals surface area contributed by atoms with Crippen LogP contribution >= 0.6 is 0 Å². The van der Waals surface area contributed by atoms with Crippen LogP contribution < -0.4 is 11.1 Å². The fourth-order valence-corrected chi connectivity index (χ4v) is 3.25. The molecule has 104 valence electrons. The van der Waals surface area contributed by atoms with E-state index in [4.69, 9.17) is 10.9 Å². The molecule has 0 amide bonds. The van der Waals surface area contributed by atoms with E-state index in [1.165, 1.54) is 38.5 Å². The molecular formula is C14H27N3O. The predicted octanol–water partition coefficient (Wildman–Crippen LogP) is 2.46. The van der Waals surface area contributed by atoms with E-state index < -0.39 is 0 Å². The van der Waals surface area contributed by atoms with Crippen molar-refractivity contribution in [1.82, 2.24) is 5.32 Å². The Balaban J connectivity index is 1.78. The highest BCUT2D eigenvalue weighted by Crippen LogP contribution is 2.48. The van der Waals surface area contributed by atoms with Crippen molar-refractivity contribution in [3.05, 3.63) is 0 Å². The molecule has 0 saturated heterocycles. The van der Waals surface area contributed by atoms with E-state index in [1.54, 1.807) is 0 Å². The van der Waals surface area contributed by atoms with Crippen LogP contribution in [0.2, 0.25) is 0 Å². The topological polar surface area (TPSA) is 70.6 Å². The molecule has 2 aliphatic rings. The zero-order chi connectivity index (χ0) is 13.2. The van der Waals surface area contributed by atoms with Crippen molar-refractivity contribution in [3.63, 3.8) is 0 Å². The number of hydrogen-bond donors (Lipinski definition) is 3. The second-order valence-electron chi connectivity index (χ2n) is 7.11. The normalized spacial score (nSPS) is 30.1. The Kier molecular flexibility index (Phi) is 3.85. The van der Waals surface area contributed by atoms with Crippen LogP contribution in [0.1, 0.15) is 58.8 Å². The Morgan fingerprint density at radius 1 is 1.39 bits per heavy atom. The highest BCUT2D eigenvalue weighted by atomic mass is 16.4. The summed E-state index contributed by atoms with van der Waals surface area (Å²) in [4.78, 5) is 0. The number of rotatable bonds is 5. The standard InChI is InChI=1S/C14H27N3O/c1-13(2)5-3-4-11(8-13)16-10-14(6-7-14)9-12(15)17-18/h11,16,18H,3-10H2,1-2H3,(H2,15,17). The zero-order valence-electron chi connectivity index (χ0n) is 11.7. The van der Waals surface area contributed by atoms with Crippen molar-refractivity contribution >= 4 is 5.84 Å². The average Bonchev–Trinajstić information content (AvgIpc) is 3.05. The minimum absolute atomic E-state index is 0.276. The monoisotopic (exact) mass is 253 g/mol. The van der Waals surface area contributed by atoms with Crippen LogP contribution in [0, 0.1) is 10.8 Å². The van der Waals surface area contributed by atoms with Crippen molar-refractivity contribution < 1.29 is 5.21 Å². The lowest BCUT2D eigenvalue weighted by Crippen LogP contribution is -2.40. The Labute approximate surface area is 110 Å². The number of nitrogens with zero attached hydrogens (tertiary/aromatic N) is 1. The van der Waals surface area contributed by atoms with Gasteiger partial charge in [0.2, 0.25) is 0 Å². The van der Waals surface area contributed by atoms with Gasteiger partial charge in [-0.3, -0.25) is 0 Å². The summed E-state index contributed by atoms with van der Waals surface area (Å²) in [5.41, 5.74) is 6.38. The van der Waals surface area contributed by atoms with Crippen molar-refractivity contribution in [2.45, 2.75) is 64.8 Å². The van der Waals surface area contributed by atoms with Gasteiger partial charge in [-0.1, -0.05) is 25.4 Å². The third kappa shape index (κ3) is 3.61. The molecule has 2 aliphatic carbocycles. The molecule has 0 heterocycles. The first-order valence-corrected chi connectivity index (χ1v) is 7.15. The minimum atomic E-state index is 0.276. The molecule has 0 bridgehead atoms. The molecule has 4 N–H and O–H groups in total. The third-order valence-corrected chi connectivity index (χ3v) is 4.61. The number of amidine groups is 1. The minimum Gasteiger partial charge on any atom is -0.409 e. The lowest BCUT2D eigenvalue weighted by atomic mass is 9.75. The Bertz CT molecular complexity index is 321. The van der Waals surface area contributed by atoms with Crippen LogP contribution in [0.25, 0.3) is 0 Å². The summed E-state index contributed by atoms with van der Waals surface area (Å²) < 4.78 is 0. The number of nitrogens with two attached hydrogens (primary N) is 1. The number of oxime groups is 1. The van der Waals surface area contributed by atoms with E-state index in [-0.39, 0.29) is 5.41 Å². The van der Waals surface area contributed by atoms with E-state index in [0.29, 0.717) is 17.3 Å². The molecule has 0 spiro atoms. The third-order valence-electron chi connectivity index (χ3n) is 4.61. The van der Waals surface area contributed by atoms with Gasteiger partial charge >= 0.3 is 0 Å². The van der Waals surface area contributed by atoms with Gasteiger partial charge in [-0.2, -0.15) is 0 Å². The van der Waals surface area contributed by atoms with Crippen LogP contribution in [0.4, 0.5) is 0 Å². The van der Waals surface area contributed by atoms with Crippen LogP contribution in [0.15, 0.2) is 5.16 Å². The van der Waals surface area contributed by atoms with Crippen LogP contribution in [-0.2, 0) is 0 Å². The first kappa shape index (κ1) is 13.7. The average molecular weight is 253 g/mol. The summed E-state index contributed by atoms with van der Waals surface area (Å²) in [6, 6.07) is 0.651. The van der Waals surface area contributed by atoms with Gasteiger partial charge < -0.3 is 16.3 Å². The predicted molar refractivity (Wildman–Crippen MR) is 73.7 cm³/mol. The summed E-state index contributed by atoms with van der Waals surface area (Å²) in [5, 5.41) is 15.5. The van der Waals surface area contributed by atoms with Gasteiger partial charge in [-0.05, 0) is 42.9 Å². The van der Waals surface area contributed by atoms with E-state index in [0.717, 1.165) is 13.0 Å². The molecule has 2 saturated carbocycles. The van der Waals surface area contributed by atoms with Crippen molar-refractivity contribution in [1.29, 1.82) is 0 Å². The van der Waals surface area contributed by atoms with Crippen molar-refractivity contribution in [2.75, 3.05) is 6.54 Å². The van der Waals surface area contributed by atoms with E-state index in [2.05, 4.69) is 24.3 Å². The lowest BCUT2D eigenvalue weighted by Gasteiger charge is -2.36. The summed E-state index contributed by atoms with van der Waals surface area (Å²) in [6.45, 7) is 5.75. The molecule has 0 aromatic rings. The largest absolute Gasteiger partial charge is 0.409 e. The van der Waals surface area contributed by atoms with Crippen LogP contribution in [-0.4, -0.2) is 23.6 Å². The molecule has 4 heteroatoms. The van der Waals surface area contributed by atoms with E-state index in [1.807, 2.05) is 0 Å². The molecule has 0 aromatic heterocycles. The van der Waals surface area contributed by atoms with Gasteiger partial charge in [-0.25, -0.2) is 0 Å². The molecule has 18 heavy (non-hydrogen) atoms. The highest BCUT2D eigenvalue weighted by molar-refractivity contribution is 5.80. The van der Waals surface area contributed by atoms with Crippen LogP contribution in [0.5, 0.6) is 0 Å². The van der Waals surface area contributed by atoms with Crippen molar-refractivity contribution in [3.8, 4) is 0 Å². The zero-order valence-corrected chi connectivity index (χ0v) is 11.7. The molecular weight excluding hydrogens is 226 g/mol. The quantitative estimate of drug-likeness (QED) is 0.305. The maximum atomic E-state index is 8.65. The molecule has 1 atom stereocenters. The molecule has 4 nitrogen and oxygen atoms in total. The van der Waals surface area contributed by atoms with E-state index >= 15 is 0 Å². The van der Waals surface area contributed by atoms with Gasteiger partial charge in [0.15, 0.2) is 0 Å². The highest BCUT2D eigenvalue weighted by Gasteiger charge is 2.43. The maximum Gasteiger partial charge on any atom is 0.139 e. The van der Waals surface area contributed by atoms with Crippen LogP contribution in [0.3, 0.4) is 0 Å². The summed E-state index contributed by atoms with van der Waals surface area (Å²) in [5.74, 6) is 0.373. The second kappa shape index (κ2) is 5.08. The maximum absolute atomic E-state index is 8.65. The first-order chi connectivity index (χ1) is 8.45. The molecule has 1 unspecified atom stereocenters. The molecule has 0 aliphatic heterocycles. The number of hydrogen-bond acceptors (Lipinski definition) is 3. The Morgan fingerprint density at radius 2 is 2.11 bits per heavy atom. The molecule has 2 fully saturated rings. The number of nitrogens with one attached hydrogen (secondary N) is 1. The second-order valence-corrected chi connectivity index (χ2v) is 7.11. The van der Waals surface area contributed by atoms with Gasteiger partial charge in [0, 0.05) is 19.0 Å². The Hall–Kier alpha value is -0.770. The van der Waals surface area contributed by atoms with Gasteiger partial charge in [-0.15, -0.1) is 0 Å². The molecule has 0 aromatic carbocycles. The van der Waals surface area contributed by atoms with E-state index in [9.17, 15) is 0 Å². The molecule has 0 radical (unpaired) electrons. The van der Waals surface area contributed by atoms with Gasteiger partial charge in [0.05, 0.1) is 0 Å². The molecule has 2 rings (SSSR count). The summed E-state index contributed by atoms with van der Waals surface area (Å²) >= 11 is 0. The lowest BCUT2D eigenvalue weighted by molar-refractivity contribution is 0.193. The van der Waals surface area contributed by atoms with Crippen molar-refractivity contribution in [2.24, 2.45) is 21.7 Å².